The van der Waals surface area contributed by atoms with Crippen molar-refractivity contribution in [1.82, 2.24) is 15.5 Å². The number of nitrogens with one attached hydrogen (secondary N) is 2. The lowest BCUT2D eigenvalue weighted by molar-refractivity contribution is -0.132. The summed E-state index contributed by atoms with van der Waals surface area (Å²) in [4.78, 5) is 27.9. The van der Waals surface area contributed by atoms with Gasteiger partial charge in [-0.05, 0) is 36.9 Å². The molecule has 0 aliphatic carbocycles. The average molecular weight is 507 g/mol. The number of piperidine rings is 1. The van der Waals surface area contributed by atoms with Gasteiger partial charge in [-0.3, -0.25) is 4.79 Å². The van der Waals surface area contributed by atoms with E-state index < -0.39 is 23.6 Å². The number of nitriles is 1. The fourth-order valence-corrected chi connectivity index (χ4v) is 4.42. The van der Waals surface area contributed by atoms with Crippen molar-refractivity contribution in [2.24, 2.45) is 5.92 Å². The first-order valence-electron chi connectivity index (χ1n) is 12.8. The van der Waals surface area contributed by atoms with Gasteiger partial charge in [-0.15, -0.1) is 0 Å². The molecule has 2 N–H and O–H groups in total. The van der Waals surface area contributed by atoms with E-state index in [0.717, 1.165) is 11.1 Å². The number of carbonyl (C=O) groups is 2. The first kappa shape index (κ1) is 28.2. The number of ether oxygens (including phenoxy) is 2. The van der Waals surface area contributed by atoms with Crippen LogP contribution < -0.4 is 10.6 Å². The standard InChI is InChI=1S/C29H38N4O4/c1-22(2)16-26(37-28(35)31-18-23-10-6-4-7-11-23)27(34)32-29(21-30)14-15-33(3)25(17-29)20-36-19-24-12-8-5-9-13-24/h4-13,22,25-26H,14-20H2,1-3H3,(H,31,35)(H,32,34)/t25?,26-,29?/m0/s1. The third kappa shape index (κ3) is 8.88. The summed E-state index contributed by atoms with van der Waals surface area (Å²) in [5, 5.41) is 15.8. The Bertz CT molecular complexity index is 1040. The highest BCUT2D eigenvalue weighted by molar-refractivity contribution is 5.84. The van der Waals surface area contributed by atoms with Crippen LogP contribution in [-0.4, -0.2) is 54.8 Å². The van der Waals surface area contributed by atoms with Crippen LogP contribution in [0.25, 0.3) is 0 Å². The molecule has 0 spiro atoms. The number of amides is 2. The molecule has 2 aromatic carbocycles. The highest BCUT2D eigenvalue weighted by Crippen LogP contribution is 2.27. The number of hydrogen-bond acceptors (Lipinski definition) is 6. The van der Waals surface area contributed by atoms with Crippen LogP contribution in [0.4, 0.5) is 4.79 Å². The van der Waals surface area contributed by atoms with Crippen molar-refractivity contribution in [2.75, 3.05) is 20.2 Å². The molecule has 1 aliphatic rings. The van der Waals surface area contributed by atoms with E-state index in [4.69, 9.17) is 9.47 Å². The highest BCUT2D eigenvalue weighted by atomic mass is 16.6. The lowest BCUT2D eigenvalue weighted by atomic mass is 9.84. The maximum absolute atomic E-state index is 13.3. The summed E-state index contributed by atoms with van der Waals surface area (Å²) < 4.78 is 11.5. The number of carbonyl (C=O) groups excluding carboxylic acids is 2. The molecule has 0 aromatic heterocycles. The molecular weight excluding hydrogens is 468 g/mol. The van der Waals surface area contributed by atoms with Crippen molar-refractivity contribution >= 4 is 12.0 Å². The van der Waals surface area contributed by atoms with Crippen LogP contribution >= 0.6 is 0 Å². The van der Waals surface area contributed by atoms with Crippen molar-refractivity contribution in [1.29, 1.82) is 5.26 Å². The molecule has 0 radical (unpaired) electrons. The van der Waals surface area contributed by atoms with Gasteiger partial charge in [0, 0.05) is 25.6 Å². The van der Waals surface area contributed by atoms with Gasteiger partial charge < -0.3 is 25.0 Å². The first-order valence-corrected chi connectivity index (χ1v) is 12.8. The second kappa shape index (κ2) is 13.8. The number of hydrogen-bond donors (Lipinski definition) is 2. The van der Waals surface area contributed by atoms with E-state index in [1.54, 1.807) is 0 Å². The molecule has 2 unspecified atom stereocenters. The van der Waals surface area contributed by atoms with Crippen LogP contribution in [0.2, 0.25) is 0 Å². The van der Waals surface area contributed by atoms with E-state index in [0.29, 0.717) is 45.6 Å². The Morgan fingerprint density at radius 2 is 1.76 bits per heavy atom. The zero-order valence-corrected chi connectivity index (χ0v) is 22.0. The summed E-state index contributed by atoms with van der Waals surface area (Å²) in [5.74, 6) is -0.328. The molecule has 0 saturated carbocycles. The summed E-state index contributed by atoms with van der Waals surface area (Å²) in [6, 6.07) is 21.7. The number of alkyl carbamates (subject to hydrolysis) is 1. The second-order valence-corrected chi connectivity index (χ2v) is 10.1. The molecule has 1 fully saturated rings. The van der Waals surface area contributed by atoms with Crippen LogP contribution in [0.5, 0.6) is 0 Å². The van der Waals surface area contributed by atoms with Crippen LogP contribution in [0.3, 0.4) is 0 Å². The summed E-state index contributed by atoms with van der Waals surface area (Å²) >= 11 is 0. The van der Waals surface area contributed by atoms with Gasteiger partial charge >= 0.3 is 6.09 Å². The van der Waals surface area contributed by atoms with E-state index in [1.165, 1.54) is 0 Å². The number of rotatable bonds is 11. The molecular formula is C29H38N4O4. The van der Waals surface area contributed by atoms with E-state index in [9.17, 15) is 14.9 Å². The summed E-state index contributed by atoms with van der Waals surface area (Å²) in [6.45, 7) is 5.79. The third-order valence-electron chi connectivity index (χ3n) is 6.60. The minimum absolute atomic E-state index is 0.0314. The van der Waals surface area contributed by atoms with Crippen LogP contribution in [0.15, 0.2) is 60.7 Å². The van der Waals surface area contributed by atoms with Gasteiger partial charge in [0.15, 0.2) is 6.10 Å². The Morgan fingerprint density at radius 1 is 1.11 bits per heavy atom. The molecule has 198 valence electrons. The van der Waals surface area contributed by atoms with Crippen molar-refractivity contribution in [2.45, 2.75) is 63.9 Å². The Kier molecular flexibility index (Phi) is 10.5. The van der Waals surface area contributed by atoms with E-state index >= 15 is 0 Å². The largest absolute Gasteiger partial charge is 0.436 e. The van der Waals surface area contributed by atoms with Gasteiger partial charge in [0.2, 0.25) is 0 Å². The summed E-state index contributed by atoms with van der Waals surface area (Å²) in [5.41, 5.74) is 0.961. The molecule has 8 nitrogen and oxygen atoms in total. The molecule has 2 aromatic rings. The topological polar surface area (TPSA) is 104 Å². The van der Waals surface area contributed by atoms with Gasteiger partial charge in [-0.2, -0.15) is 5.26 Å². The monoisotopic (exact) mass is 506 g/mol. The number of likely N-dealkylation sites (tertiary alicyclic amines) is 1. The fraction of sp³-hybridized carbons (Fsp3) is 0.483. The SMILES string of the molecule is CC(C)C[C@H](OC(=O)NCc1ccccc1)C(=O)NC1(C#N)CCN(C)C(COCc2ccccc2)C1. The predicted octanol–water partition coefficient (Wildman–Crippen LogP) is 4.02. The lowest BCUT2D eigenvalue weighted by Gasteiger charge is -2.42. The predicted molar refractivity (Wildman–Crippen MR) is 141 cm³/mol. The second-order valence-electron chi connectivity index (χ2n) is 10.1. The summed E-state index contributed by atoms with van der Waals surface area (Å²) in [6.07, 6.45) is -0.389. The van der Waals surface area contributed by atoms with E-state index in [2.05, 4.69) is 21.6 Å². The normalized spacial score (nSPS) is 20.6. The van der Waals surface area contributed by atoms with Crippen LogP contribution in [-0.2, 0) is 27.4 Å². The minimum atomic E-state index is -1.05. The quantitative estimate of drug-likeness (QED) is 0.477. The Labute approximate surface area is 219 Å². The van der Waals surface area contributed by atoms with Crippen molar-refractivity contribution < 1.29 is 19.1 Å². The van der Waals surface area contributed by atoms with Gasteiger partial charge in [0.1, 0.15) is 5.54 Å². The Hall–Kier alpha value is -3.41. The number of nitrogens with zero attached hydrogens (tertiary/aromatic N) is 2. The summed E-state index contributed by atoms with van der Waals surface area (Å²) in [7, 11) is 2.00. The highest BCUT2D eigenvalue weighted by Gasteiger charge is 2.42. The Balaban J connectivity index is 1.59. The van der Waals surface area contributed by atoms with Crippen LogP contribution in [0, 0.1) is 17.2 Å². The number of benzene rings is 2. The molecule has 1 saturated heterocycles. The molecule has 8 heteroatoms. The van der Waals surface area contributed by atoms with Crippen molar-refractivity contribution in [3.63, 3.8) is 0 Å². The molecule has 1 heterocycles. The van der Waals surface area contributed by atoms with Crippen LogP contribution in [0.1, 0.15) is 44.2 Å². The first-order chi connectivity index (χ1) is 17.8. The van der Waals surface area contributed by atoms with Crippen molar-refractivity contribution in [3.05, 3.63) is 71.8 Å². The zero-order valence-electron chi connectivity index (χ0n) is 22.0. The third-order valence-corrected chi connectivity index (χ3v) is 6.60. The maximum Gasteiger partial charge on any atom is 0.408 e. The van der Waals surface area contributed by atoms with Gasteiger partial charge in [0.05, 0.1) is 19.3 Å². The van der Waals surface area contributed by atoms with Gasteiger partial charge in [-0.1, -0.05) is 74.5 Å². The Morgan fingerprint density at radius 3 is 2.38 bits per heavy atom. The van der Waals surface area contributed by atoms with Gasteiger partial charge in [-0.25, -0.2) is 4.79 Å². The molecule has 37 heavy (non-hydrogen) atoms. The smallest absolute Gasteiger partial charge is 0.408 e. The van der Waals surface area contributed by atoms with Gasteiger partial charge in [0.25, 0.3) is 5.91 Å². The maximum atomic E-state index is 13.3. The minimum Gasteiger partial charge on any atom is -0.436 e. The molecule has 3 rings (SSSR count). The molecule has 0 bridgehead atoms. The molecule has 2 amide bonds. The lowest BCUT2D eigenvalue weighted by Crippen LogP contribution is -2.60. The van der Waals surface area contributed by atoms with Crippen molar-refractivity contribution in [3.8, 4) is 6.07 Å². The van der Waals surface area contributed by atoms with E-state index in [1.807, 2.05) is 81.6 Å². The van der Waals surface area contributed by atoms with E-state index in [-0.39, 0.29) is 12.0 Å². The number of likely N-dealkylation sites (N-methyl/N-ethyl adjacent to an activating group) is 1. The average Bonchev–Trinajstić information content (AvgIpc) is 2.90. The zero-order chi connectivity index (χ0) is 26.7. The molecule has 3 atom stereocenters. The fourth-order valence-electron chi connectivity index (χ4n) is 4.42. The molecule has 1 aliphatic heterocycles.